The predicted molar refractivity (Wildman–Crippen MR) is 87.6 cm³/mol. The minimum Gasteiger partial charge on any atom is -0.346 e. The Kier molecular flexibility index (Phi) is 3.81. The summed E-state index contributed by atoms with van der Waals surface area (Å²) in [6.07, 6.45) is 4.44. The summed E-state index contributed by atoms with van der Waals surface area (Å²) in [6.45, 7) is 2.81. The summed E-state index contributed by atoms with van der Waals surface area (Å²) in [5.74, 6) is -0.0252. The monoisotopic (exact) mass is 308 g/mol. The number of rotatable bonds is 3. The molecule has 2 N–H and O–H groups in total. The summed E-state index contributed by atoms with van der Waals surface area (Å²) < 4.78 is 0. The highest BCUT2D eigenvalue weighted by atomic mass is 16.1. The first-order valence-corrected chi connectivity index (χ1v) is 8.06. The van der Waals surface area contributed by atoms with Crippen molar-refractivity contribution in [2.75, 3.05) is 6.54 Å². The van der Waals surface area contributed by atoms with Gasteiger partial charge in [0.25, 0.3) is 5.91 Å². The van der Waals surface area contributed by atoms with Gasteiger partial charge in [-0.2, -0.15) is 0 Å². The molecule has 0 unspecified atom stereocenters. The van der Waals surface area contributed by atoms with Gasteiger partial charge >= 0.3 is 0 Å². The lowest BCUT2D eigenvalue weighted by atomic mass is 10.1. The normalized spacial score (nSPS) is 23.7. The number of nitrogens with zero attached hydrogens (tertiary/aromatic N) is 2. The van der Waals surface area contributed by atoms with Crippen LogP contribution in [0.3, 0.4) is 0 Å². The van der Waals surface area contributed by atoms with Crippen molar-refractivity contribution in [3.63, 3.8) is 0 Å². The van der Waals surface area contributed by atoms with E-state index >= 15 is 0 Å². The summed E-state index contributed by atoms with van der Waals surface area (Å²) in [4.78, 5) is 18.8. The second-order valence-corrected chi connectivity index (χ2v) is 6.18. The van der Waals surface area contributed by atoms with Crippen LogP contribution >= 0.6 is 0 Å². The molecule has 1 aromatic carbocycles. The van der Waals surface area contributed by atoms with E-state index < -0.39 is 0 Å². The van der Waals surface area contributed by atoms with Crippen molar-refractivity contribution in [3.05, 3.63) is 65.5 Å². The minimum absolute atomic E-state index is 0.0252. The molecule has 2 atom stereocenters. The van der Waals surface area contributed by atoms with E-state index in [0.29, 0.717) is 5.56 Å². The quantitative estimate of drug-likeness (QED) is 0.902. The van der Waals surface area contributed by atoms with Gasteiger partial charge in [-0.25, -0.2) is 0 Å². The number of hydrogen-bond donors (Lipinski definition) is 2. The highest BCUT2D eigenvalue weighted by Crippen LogP contribution is 2.26. The molecule has 0 spiro atoms. The molecule has 1 amide bonds. The number of hydrogen-bond acceptors (Lipinski definition) is 4. The lowest BCUT2D eigenvalue weighted by Crippen LogP contribution is -2.51. The molecule has 5 nitrogen and oxygen atoms in total. The lowest BCUT2D eigenvalue weighted by Gasteiger charge is -2.29. The van der Waals surface area contributed by atoms with Crippen LogP contribution in [0.1, 0.15) is 27.9 Å². The van der Waals surface area contributed by atoms with Crippen LogP contribution in [0.25, 0.3) is 0 Å². The van der Waals surface area contributed by atoms with Crippen molar-refractivity contribution >= 4 is 5.91 Å². The van der Waals surface area contributed by atoms with Gasteiger partial charge in [0.2, 0.25) is 0 Å². The Bertz CT molecular complexity index is 678. The number of aromatic nitrogens is 1. The second-order valence-electron chi connectivity index (χ2n) is 6.18. The maximum Gasteiger partial charge on any atom is 0.251 e. The molecule has 1 aromatic heterocycles. The summed E-state index contributed by atoms with van der Waals surface area (Å²) in [7, 11) is 0. The fourth-order valence-corrected chi connectivity index (χ4v) is 3.53. The van der Waals surface area contributed by atoms with Crippen molar-refractivity contribution in [2.45, 2.75) is 31.7 Å². The molecule has 1 fully saturated rings. The van der Waals surface area contributed by atoms with E-state index in [1.54, 1.807) is 24.5 Å². The van der Waals surface area contributed by atoms with Gasteiger partial charge in [-0.1, -0.05) is 24.3 Å². The first-order chi connectivity index (χ1) is 11.3. The zero-order valence-electron chi connectivity index (χ0n) is 12.9. The van der Waals surface area contributed by atoms with Crippen molar-refractivity contribution in [3.8, 4) is 0 Å². The van der Waals surface area contributed by atoms with Crippen LogP contribution < -0.4 is 10.6 Å². The molecule has 4 rings (SSSR count). The number of amides is 1. The molecule has 1 saturated heterocycles. The SMILES string of the molecule is O=C(N[C@@H]1CCN[C@@H]1N1Cc2ccccc2C1)c1ccncc1. The second kappa shape index (κ2) is 6.10. The number of fused-ring (bicyclic) bond motifs is 1. The van der Waals surface area contributed by atoms with Crippen LogP contribution in [0.5, 0.6) is 0 Å². The van der Waals surface area contributed by atoms with Gasteiger partial charge in [0, 0.05) is 31.0 Å². The molecule has 3 heterocycles. The molecule has 23 heavy (non-hydrogen) atoms. The molecule has 2 aliphatic rings. The van der Waals surface area contributed by atoms with Crippen molar-refractivity contribution in [1.82, 2.24) is 20.5 Å². The van der Waals surface area contributed by atoms with E-state index in [0.717, 1.165) is 26.1 Å². The molecule has 118 valence electrons. The molecular formula is C18H20N4O. The molecular weight excluding hydrogens is 288 g/mol. The lowest BCUT2D eigenvalue weighted by molar-refractivity contribution is 0.0891. The van der Waals surface area contributed by atoms with Crippen LogP contribution in [-0.2, 0) is 13.1 Å². The first kappa shape index (κ1) is 14.4. The smallest absolute Gasteiger partial charge is 0.251 e. The maximum atomic E-state index is 12.4. The fraction of sp³-hybridized carbons (Fsp3) is 0.333. The van der Waals surface area contributed by atoms with Gasteiger partial charge in [0.1, 0.15) is 0 Å². The maximum absolute atomic E-state index is 12.4. The Morgan fingerprint density at radius 3 is 2.52 bits per heavy atom. The third-order valence-corrected chi connectivity index (χ3v) is 4.71. The van der Waals surface area contributed by atoms with Crippen LogP contribution in [0.4, 0.5) is 0 Å². The van der Waals surface area contributed by atoms with Crippen LogP contribution in [0, 0.1) is 0 Å². The molecule has 0 aliphatic carbocycles. The summed E-state index contributed by atoms with van der Waals surface area (Å²) in [5, 5.41) is 6.72. The Hall–Kier alpha value is -2.24. The summed E-state index contributed by atoms with van der Waals surface area (Å²) in [5.41, 5.74) is 3.44. The highest BCUT2D eigenvalue weighted by Gasteiger charge is 2.35. The summed E-state index contributed by atoms with van der Waals surface area (Å²) in [6, 6.07) is 12.2. The third kappa shape index (κ3) is 2.85. The average Bonchev–Trinajstić information content (AvgIpc) is 3.21. The van der Waals surface area contributed by atoms with Gasteiger partial charge < -0.3 is 5.32 Å². The Balaban J connectivity index is 1.45. The van der Waals surface area contributed by atoms with Crippen molar-refractivity contribution in [1.29, 1.82) is 0 Å². The molecule has 0 saturated carbocycles. The van der Waals surface area contributed by atoms with Gasteiger partial charge in [-0.05, 0) is 36.2 Å². The van der Waals surface area contributed by atoms with E-state index in [9.17, 15) is 4.79 Å². The van der Waals surface area contributed by atoms with E-state index in [1.165, 1.54) is 11.1 Å². The molecule has 5 heteroatoms. The number of carbonyl (C=O) groups excluding carboxylic acids is 1. The molecule has 0 radical (unpaired) electrons. The average molecular weight is 308 g/mol. The van der Waals surface area contributed by atoms with E-state index in [4.69, 9.17) is 0 Å². The zero-order chi connectivity index (χ0) is 15.6. The fourth-order valence-electron chi connectivity index (χ4n) is 3.53. The number of nitrogens with one attached hydrogen (secondary N) is 2. The standard InChI is InChI=1S/C18H20N4O/c23-18(13-5-8-19-9-6-13)21-16-7-10-20-17(16)22-11-14-3-1-2-4-15(14)12-22/h1-6,8-9,16-17,20H,7,10-12H2,(H,21,23)/t16-,17-/m1/s1. The van der Waals surface area contributed by atoms with E-state index in [-0.39, 0.29) is 18.1 Å². The number of carbonyl (C=O) groups is 1. The van der Waals surface area contributed by atoms with Crippen LogP contribution in [0.15, 0.2) is 48.8 Å². The highest BCUT2D eigenvalue weighted by molar-refractivity contribution is 5.94. The summed E-state index contributed by atoms with van der Waals surface area (Å²) >= 11 is 0. The van der Waals surface area contributed by atoms with Crippen molar-refractivity contribution in [2.24, 2.45) is 0 Å². The molecule has 2 aliphatic heterocycles. The van der Waals surface area contributed by atoms with Crippen LogP contribution in [0.2, 0.25) is 0 Å². The topological polar surface area (TPSA) is 57.3 Å². The van der Waals surface area contributed by atoms with E-state index in [1.807, 2.05) is 0 Å². The molecule has 2 aromatic rings. The predicted octanol–water partition coefficient (Wildman–Crippen LogP) is 1.52. The Morgan fingerprint density at radius 1 is 1.13 bits per heavy atom. The van der Waals surface area contributed by atoms with Gasteiger partial charge in [-0.3, -0.25) is 20.0 Å². The molecule has 0 bridgehead atoms. The number of pyridine rings is 1. The van der Waals surface area contributed by atoms with Gasteiger partial charge in [-0.15, -0.1) is 0 Å². The Labute approximate surface area is 135 Å². The third-order valence-electron chi connectivity index (χ3n) is 4.71. The Morgan fingerprint density at radius 2 is 1.83 bits per heavy atom. The zero-order valence-corrected chi connectivity index (χ0v) is 12.9. The first-order valence-electron chi connectivity index (χ1n) is 8.06. The van der Waals surface area contributed by atoms with Gasteiger partial charge in [0.05, 0.1) is 12.2 Å². The largest absolute Gasteiger partial charge is 0.346 e. The van der Waals surface area contributed by atoms with Gasteiger partial charge in [0.15, 0.2) is 0 Å². The van der Waals surface area contributed by atoms with Crippen molar-refractivity contribution < 1.29 is 4.79 Å². The van der Waals surface area contributed by atoms with Crippen LogP contribution in [-0.4, -0.2) is 34.5 Å². The minimum atomic E-state index is -0.0252. The number of benzene rings is 1. The van der Waals surface area contributed by atoms with E-state index in [2.05, 4.69) is 44.8 Å².